The molecule has 1 amide bonds. The second kappa shape index (κ2) is 6.55. The van der Waals surface area contributed by atoms with E-state index in [1.54, 1.807) is 6.20 Å². The molecule has 4 rings (SSSR count). The number of fused-ring (bicyclic) bond motifs is 1. The van der Waals surface area contributed by atoms with E-state index in [0.717, 1.165) is 43.7 Å². The molecule has 1 saturated carbocycles. The molecule has 1 aliphatic heterocycles. The number of carbonyl (C=O) groups excluding carboxylic acids is 1. The molecule has 1 unspecified atom stereocenters. The standard InChI is InChI=1S/C18H21ClN4O/c19-15-8-13-5-6-16(22-17(13)20-10-15)23-7-1-2-14(11-23)18(24)21-9-12-3-4-12/h5-6,8,10,12,14H,1-4,7,9,11H2,(H,21,24). The highest BCUT2D eigenvalue weighted by Crippen LogP contribution is 2.28. The summed E-state index contributed by atoms with van der Waals surface area (Å²) in [5, 5.41) is 4.65. The SMILES string of the molecule is O=C(NCC1CC1)C1CCCN(c2ccc3cc(Cl)cnc3n2)C1. The molecule has 2 aliphatic rings. The maximum Gasteiger partial charge on any atom is 0.224 e. The normalized spacial score (nSPS) is 21.0. The van der Waals surface area contributed by atoms with Gasteiger partial charge in [0, 0.05) is 31.2 Å². The van der Waals surface area contributed by atoms with Crippen molar-refractivity contribution >= 4 is 34.4 Å². The minimum atomic E-state index is 0.0492. The highest BCUT2D eigenvalue weighted by molar-refractivity contribution is 6.31. The maximum absolute atomic E-state index is 12.4. The summed E-state index contributed by atoms with van der Waals surface area (Å²) in [7, 11) is 0. The van der Waals surface area contributed by atoms with E-state index in [1.807, 2.05) is 18.2 Å². The molecule has 5 nitrogen and oxygen atoms in total. The Morgan fingerprint density at radius 3 is 3.04 bits per heavy atom. The summed E-state index contributed by atoms with van der Waals surface area (Å²) >= 11 is 5.97. The molecule has 2 fully saturated rings. The monoisotopic (exact) mass is 344 g/mol. The summed E-state index contributed by atoms with van der Waals surface area (Å²) in [4.78, 5) is 23.5. The Morgan fingerprint density at radius 1 is 1.33 bits per heavy atom. The Labute approximate surface area is 146 Å². The molecule has 0 spiro atoms. The van der Waals surface area contributed by atoms with E-state index in [0.29, 0.717) is 16.6 Å². The first-order valence-electron chi connectivity index (χ1n) is 8.64. The Bertz CT molecular complexity index is 762. The van der Waals surface area contributed by atoms with E-state index in [1.165, 1.54) is 12.8 Å². The Balaban J connectivity index is 1.46. The van der Waals surface area contributed by atoms with E-state index < -0.39 is 0 Å². The third-order valence-corrected chi connectivity index (χ3v) is 5.08. The molecule has 0 radical (unpaired) electrons. The zero-order valence-electron chi connectivity index (χ0n) is 13.5. The van der Waals surface area contributed by atoms with Gasteiger partial charge in [0.2, 0.25) is 5.91 Å². The molecule has 6 heteroatoms. The minimum absolute atomic E-state index is 0.0492. The fourth-order valence-electron chi connectivity index (χ4n) is 3.26. The van der Waals surface area contributed by atoms with E-state index in [-0.39, 0.29) is 11.8 Å². The lowest BCUT2D eigenvalue weighted by Gasteiger charge is -2.33. The van der Waals surface area contributed by atoms with E-state index in [4.69, 9.17) is 11.6 Å². The number of piperidine rings is 1. The van der Waals surface area contributed by atoms with Crippen molar-refractivity contribution < 1.29 is 4.79 Å². The summed E-state index contributed by atoms with van der Waals surface area (Å²) < 4.78 is 0. The van der Waals surface area contributed by atoms with Gasteiger partial charge in [0.05, 0.1) is 10.9 Å². The van der Waals surface area contributed by atoms with Crippen molar-refractivity contribution in [2.45, 2.75) is 25.7 Å². The molecule has 2 aromatic rings. The predicted octanol–water partition coefficient (Wildman–Crippen LogP) is 3.03. The Morgan fingerprint density at radius 2 is 2.21 bits per heavy atom. The Hall–Kier alpha value is -1.88. The summed E-state index contributed by atoms with van der Waals surface area (Å²) in [6.45, 7) is 2.50. The summed E-state index contributed by atoms with van der Waals surface area (Å²) in [5.74, 6) is 1.84. The highest BCUT2D eigenvalue weighted by atomic mass is 35.5. The van der Waals surface area contributed by atoms with Gasteiger partial charge < -0.3 is 10.2 Å². The topological polar surface area (TPSA) is 58.1 Å². The summed E-state index contributed by atoms with van der Waals surface area (Å²) in [6, 6.07) is 5.85. The van der Waals surface area contributed by atoms with Crippen molar-refractivity contribution in [3.63, 3.8) is 0 Å². The van der Waals surface area contributed by atoms with Gasteiger partial charge in [-0.2, -0.15) is 0 Å². The van der Waals surface area contributed by atoms with Crippen LogP contribution < -0.4 is 10.2 Å². The Kier molecular flexibility index (Phi) is 4.27. The largest absolute Gasteiger partial charge is 0.356 e. The van der Waals surface area contributed by atoms with Crippen molar-refractivity contribution in [2.75, 3.05) is 24.5 Å². The summed E-state index contributed by atoms with van der Waals surface area (Å²) in [6.07, 6.45) is 6.10. The number of pyridine rings is 2. The minimum Gasteiger partial charge on any atom is -0.356 e. The van der Waals surface area contributed by atoms with E-state index >= 15 is 0 Å². The van der Waals surface area contributed by atoms with Crippen molar-refractivity contribution in [3.8, 4) is 0 Å². The lowest BCUT2D eigenvalue weighted by atomic mass is 9.97. The zero-order valence-corrected chi connectivity index (χ0v) is 14.3. The lowest BCUT2D eigenvalue weighted by molar-refractivity contribution is -0.125. The average molecular weight is 345 g/mol. The first kappa shape index (κ1) is 15.6. The molecule has 1 saturated heterocycles. The van der Waals surface area contributed by atoms with Crippen LogP contribution in [0, 0.1) is 11.8 Å². The van der Waals surface area contributed by atoms with Crippen LogP contribution in [0.1, 0.15) is 25.7 Å². The molecular weight excluding hydrogens is 324 g/mol. The molecule has 2 aromatic heterocycles. The lowest BCUT2D eigenvalue weighted by Crippen LogP contribution is -2.43. The molecule has 1 atom stereocenters. The van der Waals surface area contributed by atoms with Crippen molar-refractivity contribution in [1.29, 1.82) is 0 Å². The van der Waals surface area contributed by atoms with Crippen LogP contribution in [-0.4, -0.2) is 35.5 Å². The first-order valence-corrected chi connectivity index (χ1v) is 9.02. The molecule has 1 aliphatic carbocycles. The first-order chi connectivity index (χ1) is 11.7. The number of nitrogens with one attached hydrogen (secondary N) is 1. The molecule has 1 N–H and O–H groups in total. The molecule has 0 bridgehead atoms. The van der Waals surface area contributed by atoms with Gasteiger partial charge in [-0.15, -0.1) is 0 Å². The number of carbonyl (C=O) groups is 1. The molecular formula is C18H21ClN4O. The van der Waals surface area contributed by atoms with Crippen LogP contribution in [0.25, 0.3) is 11.0 Å². The van der Waals surface area contributed by atoms with Gasteiger partial charge in [0.1, 0.15) is 5.82 Å². The van der Waals surface area contributed by atoms with Gasteiger partial charge in [-0.25, -0.2) is 9.97 Å². The number of anilines is 1. The highest BCUT2D eigenvalue weighted by Gasteiger charge is 2.28. The van der Waals surface area contributed by atoms with Gasteiger partial charge in [0.25, 0.3) is 0 Å². The van der Waals surface area contributed by atoms with Crippen molar-refractivity contribution in [1.82, 2.24) is 15.3 Å². The van der Waals surface area contributed by atoms with Crippen LogP contribution in [0.3, 0.4) is 0 Å². The van der Waals surface area contributed by atoms with Crippen LogP contribution in [0.2, 0.25) is 5.02 Å². The van der Waals surface area contributed by atoms with Crippen LogP contribution in [0.5, 0.6) is 0 Å². The van der Waals surface area contributed by atoms with Crippen LogP contribution in [-0.2, 0) is 4.79 Å². The van der Waals surface area contributed by atoms with Gasteiger partial charge in [0.15, 0.2) is 5.65 Å². The number of nitrogens with zero attached hydrogens (tertiary/aromatic N) is 3. The number of amides is 1. The summed E-state index contributed by atoms with van der Waals surface area (Å²) in [5.41, 5.74) is 0.692. The van der Waals surface area contributed by atoms with Gasteiger partial charge in [-0.05, 0) is 49.8 Å². The molecule has 0 aromatic carbocycles. The maximum atomic E-state index is 12.4. The fourth-order valence-corrected chi connectivity index (χ4v) is 3.43. The molecule has 3 heterocycles. The number of halogens is 1. The van der Waals surface area contributed by atoms with Crippen molar-refractivity contribution in [2.24, 2.45) is 11.8 Å². The van der Waals surface area contributed by atoms with Crippen LogP contribution in [0.4, 0.5) is 5.82 Å². The van der Waals surface area contributed by atoms with Gasteiger partial charge in [-0.1, -0.05) is 11.6 Å². The third-order valence-electron chi connectivity index (χ3n) is 4.87. The second-order valence-electron chi connectivity index (χ2n) is 6.84. The molecule has 24 heavy (non-hydrogen) atoms. The second-order valence-corrected chi connectivity index (χ2v) is 7.28. The number of hydrogen-bond acceptors (Lipinski definition) is 4. The van der Waals surface area contributed by atoms with Crippen LogP contribution in [0.15, 0.2) is 24.4 Å². The van der Waals surface area contributed by atoms with Gasteiger partial charge >= 0.3 is 0 Å². The zero-order chi connectivity index (χ0) is 16.5. The van der Waals surface area contributed by atoms with Crippen molar-refractivity contribution in [3.05, 3.63) is 29.4 Å². The third kappa shape index (κ3) is 3.46. The number of aromatic nitrogens is 2. The average Bonchev–Trinajstić information content (AvgIpc) is 3.44. The molecule has 126 valence electrons. The van der Waals surface area contributed by atoms with Gasteiger partial charge in [-0.3, -0.25) is 4.79 Å². The quantitative estimate of drug-likeness (QED) is 0.926. The smallest absolute Gasteiger partial charge is 0.224 e. The van der Waals surface area contributed by atoms with E-state index in [2.05, 4.69) is 20.2 Å². The number of hydrogen-bond donors (Lipinski definition) is 1. The number of rotatable bonds is 4. The van der Waals surface area contributed by atoms with Crippen LogP contribution >= 0.6 is 11.6 Å². The van der Waals surface area contributed by atoms with E-state index in [9.17, 15) is 4.79 Å². The fraction of sp³-hybridized carbons (Fsp3) is 0.500. The predicted molar refractivity (Wildman–Crippen MR) is 95.2 cm³/mol.